The minimum atomic E-state index is -0.907. The van der Waals surface area contributed by atoms with Crippen LogP contribution in [0, 0.1) is 17.0 Å². The average Bonchev–Trinajstić information content (AvgIpc) is 2.90. The number of nitrogens with zero attached hydrogens (tertiary/aromatic N) is 1. The molecule has 0 aliphatic heterocycles. The molecule has 6 nitrogen and oxygen atoms in total. The highest BCUT2D eigenvalue weighted by Crippen LogP contribution is 2.18. The van der Waals surface area contributed by atoms with Crippen molar-refractivity contribution in [3.8, 4) is 0 Å². The molecule has 0 bridgehead atoms. The molecule has 0 aliphatic carbocycles. The Hall–Kier alpha value is -2.25. The van der Waals surface area contributed by atoms with Gasteiger partial charge in [0.2, 0.25) is 0 Å². The normalized spacial score (nSPS) is 11.9. The number of thiophene rings is 1. The number of benzene rings is 1. The summed E-state index contributed by atoms with van der Waals surface area (Å²) in [5, 5.41) is 25.0. The van der Waals surface area contributed by atoms with Crippen LogP contribution in [0.3, 0.4) is 0 Å². The van der Waals surface area contributed by atoms with E-state index in [4.69, 9.17) is 0 Å². The number of non-ortho nitro benzene ring substituents is 1. The van der Waals surface area contributed by atoms with Gasteiger partial charge in [-0.05, 0) is 41.6 Å². The van der Waals surface area contributed by atoms with Crippen LogP contribution in [0.2, 0.25) is 0 Å². The Labute approximate surface area is 125 Å². The Morgan fingerprint density at radius 1 is 1.38 bits per heavy atom. The molecule has 1 atom stereocenters. The van der Waals surface area contributed by atoms with Crippen molar-refractivity contribution in [2.75, 3.05) is 6.54 Å². The molecule has 0 aliphatic rings. The Kier molecular flexibility index (Phi) is 4.66. The fourth-order valence-corrected chi connectivity index (χ4v) is 2.65. The zero-order valence-corrected chi connectivity index (χ0v) is 12.1. The summed E-state index contributed by atoms with van der Waals surface area (Å²) >= 11 is 1.34. The van der Waals surface area contributed by atoms with Gasteiger partial charge in [0.05, 0.1) is 15.9 Å². The molecule has 0 fully saturated rings. The number of carbonyl (C=O) groups excluding carboxylic acids is 1. The third-order valence-corrected chi connectivity index (χ3v) is 4.03. The average molecular weight is 306 g/mol. The third kappa shape index (κ3) is 3.65. The summed E-state index contributed by atoms with van der Waals surface area (Å²) in [6, 6.07) is 7.45. The zero-order chi connectivity index (χ0) is 15.4. The van der Waals surface area contributed by atoms with Gasteiger partial charge >= 0.3 is 0 Å². The van der Waals surface area contributed by atoms with E-state index in [1.165, 1.54) is 35.6 Å². The molecule has 0 spiro atoms. The fraction of sp³-hybridized carbons (Fsp3) is 0.214. The highest BCUT2D eigenvalue weighted by Gasteiger charge is 2.14. The topological polar surface area (TPSA) is 92.5 Å². The Balaban J connectivity index is 1.95. The van der Waals surface area contributed by atoms with E-state index in [1.54, 1.807) is 0 Å². The summed E-state index contributed by atoms with van der Waals surface area (Å²) < 4.78 is 0. The molecule has 2 rings (SSSR count). The van der Waals surface area contributed by atoms with Crippen molar-refractivity contribution in [3.63, 3.8) is 0 Å². The van der Waals surface area contributed by atoms with E-state index in [2.05, 4.69) is 5.32 Å². The summed E-state index contributed by atoms with van der Waals surface area (Å²) in [7, 11) is 0. The summed E-state index contributed by atoms with van der Waals surface area (Å²) in [6.07, 6.45) is -0.907. The van der Waals surface area contributed by atoms with Crippen molar-refractivity contribution in [3.05, 3.63) is 61.8 Å². The summed E-state index contributed by atoms with van der Waals surface area (Å²) in [5.74, 6) is -0.233. The van der Waals surface area contributed by atoms with Crippen LogP contribution in [0.25, 0.3) is 0 Å². The van der Waals surface area contributed by atoms with Crippen LogP contribution in [0.1, 0.15) is 26.9 Å². The number of nitro groups is 1. The first-order valence-electron chi connectivity index (χ1n) is 6.23. The lowest BCUT2D eigenvalue weighted by atomic mass is 10.1. The second-order valence-electron chi connectivity index (χ2n) is 4.51. The number of nitro benzene ring substituents is 1. The van der Waals surface area contributed by atoms with E-state index in [9.17, 15) is 20.0 Å². The van der Waals surface area contributed by atoms with Crippen LogP contribution in [-0.2, 0) is 0 Å². The third-order valence-electron chi connectivity index (χ3n) is 3.01. The molecule has 21 heavy (non-hydrogen) atoms. The van der Waals surface area contributed by atoms with Gasteiger partial charge in [-0.3, -0.25) is 14.9 Å². The number of aliphatic hydroxyl groups excluding tert-OH is 1. The van der Waals surface area contributed by atoms with Crippen LogP contribution in [0.4, 0.5) is 5.69 Å². The second kappa shape index (κ2) is 6.47. The van der Waals surface area contributed by atoms with Crippen LogP contribution < -0.4 is 5.32 Å². The summed E-state index contributed by atoms with van der Waals surface area (Å²) in [4.78, 5) is 22.6. The molecule has 0 unspecified atom stereocenters. The minimum Gasteiger partial charge on any atom is -0.387 e. The quantitative estimate of drug-likeness (QED) is 0.655. The zero-order valence-electron chi connectivity index (χ0n) is 11.3. The first-order valence-corrected chi connectivity index (χ1v) is 7.11. The molecule has 2 aromatic rings. The number of nitrogens with one attached hydrogen (secondary N) is 1. The Morgan fingerprint density at radius 3 is 2.57 bits per heavy atom. The fourth-order valence-electron chi connectivity index (χ4n) is 1.81. The first kappa shape index (κ1) is 15.1. The van der Waals surface area contributed by atoms with Crippen LogP contribution in [0.15, 0.2) is 35.7 Å². The molecule has 110 valence electrons. The number of hydrogen-bond acceptors (Lipinski definition) is 5. The monoisotopic (exact) mass is 306 g/mol. The molecule has 0 saturated carbocycles. The van der Waals surface area contributed by atoms with Crippen LogP contribution in [-0.4, -0.2) is 22.5 Å². The minimum absolute atomic E-state index is 0.0378. The van der Waals surface area contributed by atoms with Gasteiger partial charge in [0, 0.05) is 18.7 Å². The number of amides is 1. The van der Waals surface area contributed by atoms with Gasteiger partial charge in [-0.15, -0.1) is 11.3 Å². The van der Waals surface area contributed by atoms with E-state index < -0.39 is 11.0 Å². The SMILES string of the molecule is Cc1ccsc1C(=O)NC[C@@H](O)c1ccc([N+](=O)[O-])cc1. The smallest absolute Gasteiger partial charge is 0.269 e. The Bertz CT molecular complexity index is 651. The maximum atomic E-state index is 11.9. The number of rotatable bonds is 5. The van der Waals surface area contributed by atoms with Gasteiger partial charge in [0.1, 0.15) is 0 Å². The molecular weight excluding hydrogens is 292 g/mol. The molecular formula is C14H14N2O4S. The predicted molar refractivity (Wildman–Crippen MR) is 79.4 cm³/mol. The maximum Gasteiger partial charge on any atom is 0.269 e. The van der Waals surface area contributed by atoms with E-state index in [-0.39, 0.29) is 18.1 Å². The molecule has 1 amide bonds. The van der Waals surface area contributed by atoms with Gasteiger partial charge in [0.25, 0.3) is 11.6 Å². The van der Waals surface area contributed by atoms with Crippen LogP contribution in [0.5, 0.6) is 0 Å². The number of hydrogen-bond donors (Lipinski definition) is 2. The van der Waals surface area contributed by atoms with Crippen molar-refractivity contribution in [2.24, 2.45) is 0 Å². The first-order chi connectivity index (χ1) is 9.99. The van der Waals surface area contributed by atoms with E-state index in [0.717, 1.165) is 5.56 Å². The van der Waals surface area contributed by atoms with Crippen molar-refractivity contribution in [1.29, 1.82) is 0 Å². The van der Waals surface area contributed by atoms with Gasteiger partial charge in [-0.1, -0.05) is 0 Å². The molecule has 7 heteroatoms. The lowest BCUT2D eigenvalue weighted by Crippen LogP contribution is -2.28. The highest BCUT2D eigenvalue weighted by atomic mass is 32.1. The van der Waals surface area contributed by atoms with Gasteiger partial charge in [0.15, 0.2) is 0 Å². The standard InChI is InChI=1S/C14H14N2O4S/c1-9-6-7-21-13(9)14(18)15-8-12(17)10-2-4-11(5-3-10)16(19)20/h2-7,12,17H,8H2,1H3,(H,15,18)/t12-/m1/s1. The largest absolute Gasteiger partial charge is 0.387 e. The van der Waals surface area contributed by atoms with Gasteiger partial charge in [-0.2, -0.15) is 0 Å². The highest BCUT2D eigenvalue weighted by molar-refractivity contribution is 7.12. The number of aliphatic hydroxyl groups is 1. The van der Waals surface area contributed by atoms with E-state index in [0.29, 0.717) is 10.4 Å². The number of carbonyl (C=O) groups is 1. The molecule has 2 N–H and O–H groups in total. The molecule has 1 aromatic heterocycles. The number of aryl methyl sites for hydroxylation is 1. The van der Waals surface area contributed by atoms with Gasteiger partial charge < -0.3 is 10.4 Å². The van der Waals surface area contributed by atoms with Crippen molar-refractivity contribution in [1.82, 2.24) is 5.32 Å². The van der Waals surface area contributed by atoms with Gasteiger partial charge in [-0.25, -0.2) is 0 Å². The van der Waals surface area contributed by atoms with Crippen LogP contribution >= 0.6 is 11.3 Å². The predicted octanol–water partition coefficient (Wildman–Crippen LogP) is 2.43. The van der Waals surface area contributed by atoms with Crippen molar-refractivity contribution < 1.29 is 14.8 Å². The van der Waals surface area contributed by atoms with E-state index >= 15 is 0 Å². The summed E-state index contributed by atoms with van der Waals surface area (Å²) in [6.45, 7) is 1.89. The molecule has 1 heterocycles. The summed E-state index contributed by atoms with van der Waals surface area (Å²) in [5.41, 5.74) is 1.37. The Morgan fingerprint density at radius 2 is 2.05 bits per heavy atom. The van der Waals surface area contributed by atoms with Crippen molar-refractivity contribution in [2.45, 2.75) is 13.0 Å². The molecule has 0 radical (unpaired) electrons. The molecule has 0 saturated heterocycles. The maximum absolute atomic E-state index is 11.9. The molecule has 1 aromatic carbocycles. The van der Waals surface area contributed by atoms with Crippen molar-refractivity contribution >= 4 is 22.9 Å². The second-order valence-corrected chi connectivity index (χ2v) is 5.42. The lowest BCUT2D eigenvalue weighted by molar-refractivity contribution is -0.384. The van der Waals surface area contributed by atoms with E-state index in [1.807, 2.05) is 18.4 Å². The lowest BCUT2D eigenvalue weighted by Gasteiger charge is -2.12.